The van der Waals surface area contributed by atoms with Crippen molar-refractivity contribution in [3.05, 3.63) is 29.6 Å². The van der Waals surface area contributed by atoms with Gasteiger partial charge in [-0.25, -0.2) is 4.98 Å². The third-order valence-corrected chi connectivity index (χ3v) is 3.44. The number of benzene rings is 1. The molecule has 110 valence electrons. The number of hydrogen-bond donors (Lipinski definition) is 2. The monoisotopic (exact) mass is 306 g/mol. The fraction of sp³-hybridized carbons (Fsp3) is 0.214. The first-order valence-electron chi connectivity index (χ1n) is 6.20. The lowest BCUT2D eigenvalue weighted by Gasteiger charge is -2.02. The molecule has 1 amide bonds. The molecular weight excluding hydrogens is 292 g/mol. The lowest BCUT2D eigenvalue weighted by molar-refractivity contribution is -0.138. The third kappa shape index (κ3) is 4.28. The van der Waals surface area contributed by atoms with Gasteiger partial charge in [0.15, 0.2) is 5.13 Å². The van der Waals surface area contributed by atoms with Crippen molar-refractivity contribution in [2.75, 3.05) is 12.4 Å². The average Bonchev–Trinajstić information content (AvgIpc) is 2.93. The highest BCUT2D eigenvalue weighted by Crippen LogP contribution is 2.27. The number of aromatic nitrogens is 1. The molecule has 1 aromatic carbocycles. The Bertz CT molecular complexity index is 654. The molecule has 1 heterocycles. The summed E-state index contributed by atoms with van der Waals surface area (Å²) in [6.45, 7) is 0. The molecule has 1 aromatic heterocycles. The summed E-state index contributed by atoms with van der Waals surface area (Å²) in [6.07, 6.45) is -0.261. The highest BCUT2D eigenvalue weighted by Gasteiger charge is 2.10. The molecule has 0 unspecified atom stereocenters. The van der Waals surface area contributed by atoms with Crippen LogP contribution in [0.1, 0.15) is 12.8 Å². The molecule has 0 bridgehead atoms. The number of aliphatic carboxylic acids is 1. The number of carboxylic acids is 1. The smallest absolute Gasteiger partial charge is 0.303 e. The highest BCUT2D eigenvalue weighted by atomic mass is 32.1. The fourth-order valence-corrected chi connectivity index (χ4v) is 2.38. The van der Waals surface area contributed by atoms with Gasteiger partial charge in [0.2, 0.25) is 5.91 Å². The number of rotatable bonds is 6. The maximum Gasteiger partial charge on any atom is 0.303 e. The highest BCUT2D eigenvalue weighted by molar-refractivity contribution is 7.14. The number of methoxy groups -OCH3 is 1. The summed E-state index contributed by atoms with van der Waals surface area (Å²) in [5.74, 6) is -0.627. The molecule has 0 saturated carbocycles. The van der Waals surface area contributed by atoms with Gasteiger partial charge in [0.1, 0.15) is 5.75 Å². The van der Waals surface area contributed by atoms with Gasteiger partial charge in [-0.3, -0.25) is 9.59 Å². The Labute approximate surface area is 125 Å². The number of anilines is 1. The Morgan fingerprint density at radius 1 is 1.38 bits per heavy atom. The van der Waals surface area contributed by atoms with E-state index in [1.54, 1.807) is 7.11 Å². The summed E-state index contributed by atoms with van der Waals surface area (Å²) in [6, 6.07) is 7.45. The van der Waals surface area contributed by atoms with E-state index in [0.29, 0.717) is 5.13 Å². The zero-order chi connectivity index (χ0) is 15.2. The number of carboxylic acid groups (broad SMARTS) is 1. The van der Waals surface area contributed by atoms with Crippen LogP contribution in [0.5, 0.6) is 5.75 Å². The summed E-state index contributed by atoms with van der Waals surface area (Å²) in [5, 5.41) is 13.4. The van der Waals surface area contributed by atoms with E-state index < -0.39 is 5.97 Å². The predicted octanol–water partition coefficient (Wildman–Crippen LogP) is 2.62. The maximum atomic E-state index is 11.5. The summed E-state index contributed by atoms with van der Waals surface area (Å²) in [5.41, 5.74) is 1.61. The molecule has 0 radical (unpaired) electrons. The van der Waals surface area contributed by atoms with Gasteiger partial charge in [-0.1, -0.05) is 12.1 Å². The van der Waals surface area contributed by atoms with Gasteiger partial charge in [-0.15, -0.1) is 11.3 Å². The van der Waals surface area contributed by atoms with Gasteiger partial charge in [0.05, 0.1) is 19.2 Å². The van der Waals surface area contributed by atoms with Crippen LogP contribution in [0.3, 0.4) is 0 Å². The summed E-state index contributed by atoms with van der Waals surface area (Å²) in [7, 11) is 1.59. The number of nitrogens with zero attached hydrogens (tertiary/aromatic N) is 1. The molecule has 2 rings (SSSR count). The van der Waals surface area contributed by atoms with E-state index in [4.69, 9.17) is 9.84 Å². The number of carbonyl (C=O) groups is 2. The Morgan fingerprint density at radius 3 is 2.90 bits per heavy atom. The first kappa shape index (κ1) is 15.0. The van der Waals surface area contributed by atoms with E-state index in [0.717, 1.165) is 17.0 Å². The van der Waals surface area contributed by atoms with Crippen molar-refractivity contribution in [1.29, 1.82) is 0 Å². The molecule has 0 saturated heterocycles. The van der Waals surface area contributed by atoms with Crippen LogP contribution in [-0.2, 0) is 9.59 Å². The number of thiazole rings is 1. The standard InChI is InChI=1S/C14H14N2O4S/c1-20-10-4-2-3-9(7-10)11-8-21-14(15-11)16-12(17)5-6-13(18)19/h2-4,7-8H,5-6H2,1H3,(H,18,19)(H,15,16,17). The SMILES string of the molecule is COc1cccc(-c2csc(NC(=O)CCC(=O)O)n2)c1. The maximum absolute atomic E-state index is 11.5. The minimum Gasteiger partial charge on any atom is -0.497 e. The quantitative estimate of drug-likeness (QED) is 0.856. The van der Waals surface area contributed by atoms with Crippen LogP contribution in [0.15, 0.2) is 29.6 Å². The van der Waals surface area contributed by atoms with Gasteiger partial charge >= 0.3 is 5.97 Å². The molecule has 0 fully saturated rings. The second kappa shape index (κ2) is 6.85. The van der Waals surface area contributed by atoms with Crippen molar-refractivity contribution in [3.8, 4) is 17.0 Å². The Kier molecular flexibility index (Phi) is 4.89. The molecule has 6 nitrogen and oxygen atoms in total. The van der Waals surface area contributed by atoms with Crippen molar-refractivity contribution in [2.24, 2.45) is 0 Å². The lowest BCUT2D eigenvalue weighted by atomic mass is 10.2. The topological polar surface area (TPSA) is 88.5 Å². The van der Waals surface area contributed by atoms with E-state index in [1.807, 2.05) is 29.6 Å². The third-order valence-electron chi connectivity index (χ3n) is 2.68. The first-order chi connectivity index (χ1) is 10.1. The molecule has 2 N–H and O–H groups in total. The van der Waals surface area contributed by atoms with Gasteiger partial charge in [0.25, 0.3) is 0 Å². The number of carbonyl (C=O) groups excluding carboxylic acids is 1. The fourth-order valence-electron chi connectivity index (χ4n) is 1.65. The zero-order valence-corrected chi connectivity index (χ0v) is 12.1. The molecule has 0 spiro atoms. The molecule has 0 aliphatic heterocycles. The van der Waals surface area contributed by atoms with Gasteiger partial charge in [-0.2, -0.15) is 0 Å². The molecule has 0 aliphatic carbocycles. The number of hydrogen-bond acceptors (Lipinski definition) is 5. The van der Waals surface area contributed by atoms with E-state index >= 15 is 0 Å². The lowest BCUT2D eigenvalue weighted by Crippen LogP contribution is -2.12. The normalized spacial score (nSPS) is 10.1. The van der Waals surface area contributed by atoms with Crippen LogP contribution in [0, 0.1) is 0 Å². The van der Waals surface area contributed by atoms with Crippen molar-refractivity contribution < 1.29 is 19.4 Å². The van der Waals surface area contributed by atoms with Crippen molar-refractivity contribution >= 4 is 28.3 Å². The Balaban J connectivity index is 2.04. The van der Waals surface area contributed by atoms with Crippen LogP contribution in [-0.4, -0.2) is 29.1 Å². The Morgan fingerprint density at radius 2 is 2.19 bits per heavy atom. The molecule has 21 heavy (non-hydrogen) atoms. The van der Waals surface area contributed by atoms with Crippen LogP contribution < -0.4 is 10.1 Å². The van der Waals surface area contributed by atoms with Crippen molar-refractivity contribution in [2.45, 2.75) is 12.8 Å². The van der Waals surface area contributed by atoms with E-state index in [-0.39, 0.29) is 18.7 Å². The zero-order valence-electron chi connectivity index (χ0n) is 11.3. The van der Waals surface area contributed by atoms with E-state index in [9.17, 15) is 9.59 Å². The van der Waals surface area contributed by atoms with Crippen LogP contribution in [0.2, 0.25) is 0 Å². The minimum absolute atomic E-state index is 0.0661. The molecule has 2 aromatic rings. The number of amides is 1. The average molecular weight is 306 g/mol. The van der Waals surface area contributed by atoms with Crippen LogP contribution in [0.25, 0.3) is 11.3 Å². The first-order valence-corrected chi connectivity index (χ1v) is 7.08. The largest absolute Gasteiger partial charge is 0.497 e. The van der Waals surface area contributed by atoms with Crippen LogP contribution in [0.4, 0.5) is 5.13 Å². The van der Waals surface area contributed by atoms with E-state index in [2.05, 4.69) is 10.3 Å². The summed E-state index contributed by atoms with van der Waals surface area (Å²) >= 11 is 1.29. The van der Waals surface area contributed by atoms with Crippen molar-refractivity contribution in [3.63, 3.8) is 0 Å². The van der Waals surface area contributed by atoms with Gasteiger partial charge < -0.3 is 15.2 Å². The Hall–Kier alpha value is -2.41. The second-order valence-corrected chi connectivity index (χ2v) is 5.07. The van der Waals surface area contributed by atoms with E-state index in [1.165, 1.54) is 11.3 Å². The summed E-state index contributed by atoms with van der Waals surface area (Å²) < 4.78 is 5.15. The number of ether oxygens (including phenoxy) is 1. The second-order valence-electron chi connectivity index (χ2n) is 4.21. The van der Waals surface area contributed by atoms with Crippen molar-refractivity contribution in [1.82, 2.24) is 4.98 Å². The molecule has 7 heteroatoms. The predicted molar refractivity (Wildman–Crippen MR) is 79.6 cm³/mol. The van der Waals surface area contributed by atoms with Gasteiger partial charge in [-0.05, 0) is 12.1 Å². The molecule has 0 aliphatic rings. The summed E-state index contributed by atoms with van der Waals surface area (Å²) in [4.78, 5) is 26.2. The number of nitrogens with one attached hydrogen (secondary N) is 1. The van der Waals surface area contributed by atoms with Crippen LogP contribution >= 0.6 is 11.3 Å². The molecule has 0 atom stereocenters. The van der Waals surface area contributed by atoms with Gasteiger partial charge in [0, 0.05) is 17.4 Å². The minimum atomic E-state index is -0.999. The molecular formula is C14H14N2O4S.